The van der Waals surface area contributed by atoms with Crippen molar-refractivity contribution in [2.75, 3.05) is 5.73 Å². The first kappa shape index (κ1) is 10.8. The second-order valence-corrected chi connectivity index (χ2v) is 4.06. The minimum absolute atomic E-state index is 0.266. The lowest BCUT2D eigenvalue weighted by atomic mass is 10.0. The second-order valence-electron chi connectivity index (χ2n) is 3.66. The first-order valence-corrected chi connectivity index (χ1v) is 5.35. The summed E-state index contributed by atoms with van der Waals surface area (Å²) in [6, 6.07) is 12.7. The number of phenolic OH excluding ortho intramolecular Hbond substituents is 1. The van der Waals surface area contributed by atoms with Crippen LogP contribution < -0.4 is 5.73 Å². The number of benzene rings is 2. The summed E-state index contributed by atoms with van der Waals surface area (Å²) in [5.74, 6) is 0.266. The fourth-order valence-corrected chi connectivity index (χ4v) is 1.76. The molecule has 0 bridgehead atoms. The molecule has 0 aliphatic carbocycles. The number of para-hydroxylation sites is 1. The zero-order valence-corrected chi connectivity index (χ0v) is 9.41. The number of phenols is 1. The summed E-state index contributed by atoms with van der Waals surface area (Å²) in [6.07, 6.45) is 0.715. The summed E-state index contributed by atoms with van der Waals surface area (Å²) in [4.78, 5) is 0. The zero-order valence-electron chi connectivity index (χ0n) is 8.65. The lowest BCUT2D eigenvalue weighted by Gasteiger charge is -2.07. The molecular formula is C13H12ClNO. The molecule has 0 heterocycles. The van der Waals surface area contributed by atoms with Crippen LogP contribution in [0.1, 0.15) is 11.1 Å². The largest absolute Gasteiger partial charge is 0.508 e. The average Bonchev–Trinajstić information content (AvgIpc) is 2.28. The highest BCUT2D eigenvalue weighted by Crippen LogP contribution is 2.25. The average molecular weight is 234 g/mol. The maximum Gasteiger partial charge on any atom is 0.115 e. The monoisotopic (exact) mass is 233 g/mol. The molecule has 82 valence electrons. The van der Waals surface area contributed by atoms with Crippen molar-refractivity contribution in [3.63, 3.8) is 0 Å². The van der Waals surface area contributed by atoms with E-state index in [0.29, 0.717) is 17.1 Å². The highest BCUT2D eigenvalue weighted by molar-refractivity contribution is 6.33. The SMILES string of the molecule is Nc1c(Cl)cccc1Cc1ccc(O)cc1. The van der Waals surface area contributed by atoms with Crippen molar-refractivity contribution in [1.82, 2.24) is 0 Å². The topological polar surface area (TPSA) is 46.2 Å². The van der Waals surface area contributed by atoms with Crippen LogP contribution in [0.5, 0.6) is 5.75 Å². The van der Waals surface area contributed by atoms with Gasteiger partial charge in [0.1, 0.15) is 5.75 Å². The summed E-state index contributed by atoms with van der Waals surface area (Å²) in [6.45, 7) is 0. The van der Waals surface area contributed by atoms with Crippen molar-refractivity contribution in [2.24, 2.45) is 0 Å². The van der Waals surface area contributed by atoms with Crippen molar-refractivity contribution in [1.29, 1.82) is 0 Å². The van der Waals surface area contributed by atoms with Gasteiger partial charge in [0.15, 0.2) is 0 Å². The van der Waals surface area contributed by atoms with Gasteiger partial charge in [-0.1, -0.05) is 35.9 Å². The molecule has 2 nitrogen and oxygen atoms in total. The van der Waals surface area contributed by atoms with Gasteiger partial charge in [0.2, 0.25) is 0 Å². The molecule has 0 radical (unpaired) electrons. The molecule has 3 N–H and O–H groups in total. The Balaban J connectivity index is 2.27. The van der Waals surface area contributed by atoms with Crippen LogP contribution in [0.15, 0.2) is 42.5 Å². The van der Waals surface area contributed by atoms with Crippen molar-refractivity contribution in [3.05, 3.63) is 58.6 Å². The Hall–Kier alpha value is -1.67. The number of nitrogens with two attached hydrogens (primary N) is 1. The maximum absolute atomic E-state index is 9.18. The van der Waals surface area contributed by atoms with Gasteiger partial charge in [0.05, 0.1) is 10.7 Å². The van der Waals surface area contributed by atoms with Gasteiger partial charge in [-0.15, -0.1) is 0 Å². The van der Waals surface area contributed by atoms with Crippen LogP contribution in [0.25, 0.3) is 0 Å². The molecule has 2 rings (SSSR count). The van der Waals surface area contributed by atoms with Crippen LogP contribution >= 0.6 is 11.6 Å². The molecule has 2 aromatic carbocycles. The van der Waals surface area contributed by atoms with Crippen LogP contribution in [0.4, 0.5) is 5.69 Å². The highest BCUT2D eigenvalue weighted by atomic mass is 35.5. The summed E-state index contributed by atoms with van der Waals surface area (Å²) in [5.41, 5.74) is 8.59. The lowest BCUT2D eigenvalue weighted by Crippen LogP contribution is -1.96. The van der Waals surface area contributed by atoms with Crippen molar-refractivity contribution in [2.45, 2.75) is 6.42 Å². The van der Waals surface area contributed by atoms with Crippen LogP contribution in [-0.4, -0.2) is 5.11 Å². The molecular weight excluding hydrogens is 222 g/mol. The smallest absolute Gasteiger partial charge is 0.115 e. The fourth-order valence-electron chi connectivity index (χ4n) is 1.57. The second kappa shape index (κ2) is 4.45. The number of rotatable bonds is 2. The first-order valence-electron chi connectivity index (χ1n) is 4.97. The fraction of sp³-hybridized carbons (Fsp3) is 0.0769. The molecule has 3 heteroatoms. The van der Waals surface area contributed by atoms with Crippen molar-refractivity contribution in [3.8, 4) is 5.75 Å². The van der Waals surface area contributed by atoms with Gasteiger partial charge in [-0.2, -0.15) is 0 Å². The Labute approximate surface area is 99.3 Å². The van der Waals surface area contributed by atoms with E-state index in [4.69, 9.17) is 17.3 Å². The van der Waals surface area contributed by atoms with Gasteiger partial charge in [-0.25, -0.2) is 0 Å². The quantitative estimate of drug-likeness (QED) is 0.783. The molecule has 0 spiro atoms. The van der Waals surface area contributed by atoms with Crippen LogP contribution in [-0.2, 0) is 6.42 Å². The van der Waals surface area contributed by atoms with Gasteiger partial charge in [0, 0.05) is 0 Å². The minimum Gasteiger partial charge on any atom is -0.508 e. The highest BCUT2D eigenvalue weighted by Gasteiger charge is 2.03. The molecule has 0 saturated carbocycles. The third-order valence-corrected chi connectivity index (χ3v) is 2.80. The van der Waals surface area contributed by atoms with E-state index in [1.807, 2.05) is 24.3 Å². The Morgan fingerprint density at radius 1 is 1.06 bits per heavy atom. The summed E-state index contributed by atoms with van der Waals surface area (Å²) >= 11 is 5.94. The number of hydrogen-bond acceptors (Lipinski definition) is 2. The van der Waals surface area contributed by atoms with Gasteiger partial charge in [-0.3, -0.25) is 0 Å². The molecule has 0 atom stereocenters. The number of halogens is 1. The van der Waals surface area contributed by atoms with Crippen LogP contribution in [0.2, 0.25) is 5.02 Å². The number of anilines is 1. The van der Waals surface area contributed by atoms with Gasteiger partial charge < -0.3 is 10.8 Å². The number of aromatic hydroxyl groups is 1. The Morgan fingerprint density at radius 2 is 1.75 bits per heavy atom. The number of hydrogen-bond donors (Lipinski definition) is 2. The van der Waals surface area contributed by atoms with E-state index in [1.165, 1.54) is 0 Å². The Morgan fingerprint density at radius 3 is 2.44 bits per heavy atom. The molecule has 0 fully saturated rings. The van der Waals surface area contributed by atoms with E-state index < -0.39 is 0 Å². The van der Waals surface area contributed by atoms with Gasteiger partial charge >= 0.3 is 0 Å². The van der Waals surface area contributed by atoms with E-state index in [9.17, 15) is 5.11 Å². The van der Waals surface area contributed by atoms with Crippen LogP contribution in [0, 0.1) is 0 Å². The molecule has 2 aromatic rings. The third-order valence-electron chi connectivity index (χ3n) is 2.47. The summed E-state index contributed by atoms with van der Waals surface area (Å²) in [7, 11) is 0. The predicted molar refractivity (Wildman–Crippen MR) is 66.8 cm³/mol. The lowest BCUT2D eigenvalue weighted by molar-refractivity contribution is 0.475. The van der Waals surface area contributed by atoms with E-state index in [1.54, 1.807) is 18.2 Å². The first-order chi connectivity index (χ1) is 7.66. The zero-order chi connectivity index (χ0) is 11.5. The standard InChI is InChI=1S/C13H12ClNO/c14-12-3-1-2-10(13(12)15)8-9-4-6-11(16)7-5-9/h1-7,16H,8,15H2. The maximum atomic E-state index is 9.18. The summed E-state index contributed by atoms with van der Waals surface area (Å²) < 4.78 is 0. The molecule has 0 amide bonds. The Bertz CT molecular complexity index is 494. The molecule has 0 saturated heterocycles. The van der Waals surface area contributed by atoms with Crippen molar-refractivity contribution >= 4 is 17.3 Å². The van der Waals surface area contributed by atoms with E-state index in [2.05, 4.69) is 0 Å². The molecule has 0 aliphatic heterocycles. The Kier molecular flexibility index (Phi) is 3.02. The minimum atomic E-state index is 0.266. The molecule has 0 aromatic heterocycles. The van der Waals surface area contributed by atoms with E-state index in [-0.39, 0.29) is 5.75 Å². The predicted octanol–water partition coefficient (Wildman–Crippen LogP) is 3.22. The summed E-state index contributed by atoms with van der Waals surface area (Å²) in [5, 5.41) is 9.76. The molecule has 0 aliphatic rings. The third kappa shape index (κ3) is 2.28. The number of nitrogen functional groups attached to an aromatic ring is 1. The van der Waals surface area contributed by atoms with Crippen LogP contribution in [0.3, 0.4) is 0 Å². The molecule has 16 heavy (non-hydrogen) atoms. The van der Waals surface area contributed by atoms with Crippen molar-refractivity contribution < 1.29 is 5.11 Å². The van der Waals surface area contributed by atoms with E-state index in [0.717, 1.165) is 11.1 Å². The van der Waals surface area contributed by atoms with Gasteiger partial charge in [-0.05, 0) is 35.7 Å². The van der Waals surface area contributed by atoms with E-state index >= 15 is 0 Å². The van der Waals surface area contributed by atoms with Gasteiger partial charge in [0.25, 0.3) is 0 Å². The molecule has 0 unspecified atom stereocenters. The normalized spacial score (nSPS) is 10.3.